The van der Waals surface area contributed by atoms with E-state index in [1.165, 1.54) is 31.4 Å². The number of methoxy groups -OCH3 is 1. The van der Waals surface area contributed by atoms with Crippen molar-refractivity contribution in [3.63, 3.8) is 0 Å². The molecule has 0 spiro atoms. The Bertz CT molecular complexity index is 627. The molecule has 1 aromatic rings. The van der Waals surface area contributed by atoms with Crippen molar-refractivity contribution in [2.24, 2.45) is 0 Å². The minimum atomic E-state index is -4.36. The van der Waals surface area contributed by atoms with E-state index in [1.807, 2.05) is 0 Å². The van der Waals surface area contributed by atoms with Crippen molar-refractivity contribution in [2.75, 3.05) is 33.4 Å². The first-order chi connectivity index (χ1) is 12.9. The summed E-state index contributed by atoms with van der Waals surface area (Å²) in [6.45, 7) is 3.66. The summed E-state index contributed by atoms with van der Waals surface area (Å²) in [5.41, 5.74) is -0.0891. The largest absolute Gasteiger partial charge is 0.416 e. The maximum Gasteiger partial charge on any atom is 0.416 e. The lowest BCUT2D eigenvalue weighted by molar-refractivity contribution is -0.137. The van der Waals surface area contributed by atoms with E-state index >= 15 is 0 Å². The summed E-state index contributed by atoms with van der Waals surface area (Å²) in [5.74, 6) is 0.0103. The second-order valence-electron chi connectivity index (χ2n) is 7.48. The highest BCUT2D eigenvalue weighted by atomic mass is 19.4. The summed E-state index contributed by atoms with van der Waals surface area (Å²) in [7, 11) is 1.62. The first-order valence-electron chi connectivity index (χ1n) is 9.56. The van der Waals surface area contributed by atoms with Crippen molar-refractivity contribution >= 4 is 5.78 Å². The molecule has 150 valence electrons. The van der Waals surface area contributed by atoms with Crippen LogP contribution in [0.15, 0.2) is 24.3 Å². The monoisotopic (exact) mass is 384 g/mol. The van der Waals surface area contributed by atoms with E-state index in [2.05, 4.69) is 9.80 Å². The third kappa shape index (κ3) is 5.09. The lowest BCUT2D eigenvalue weighted by Gasteiger charge is -2.34. The lowest BCUT2D eigenvalue weighted by Crippen LogP contribution is -2.49. The fourth-order valence-corrected chi connectivity index (χ4v) is 4.12. The Labute approximate surface area is 158 Å². The zero-order chi connectivity index (χ0) is 19.4. The predicted octanol–water partition coefficient (Wildman–Crippen LogP) is 3.35. The van der Waals surface area contributed by atoms with Gasteiger partial charge in [-0.05, 0) is 50.0 Å². The number of hydrogen-bond acceptors (Lipinski definition) is 4. The van der Waals surface area contributed by atoms with E-state index in [1.54, 1.807) is 7.11 Å². The minimum Gasteiger partial charge on any atom is -0.379 e. The van der Waals surface area contributed by atoms with Crippen molar-refractivity contribution in [1.29, 1.82) is 0 Å². The molecule has 0 radical (unpaired) electrons. The quantitative estimate of drug-likeness (QED) is 0.753. The number of Topliss-reactive ketones (excluding diaryl/α,β-unsaturated/α-hetero) is 1. The molecule has 0 aromatic heterocycles. The van der Waals surface area contributed by atoms with Gasteiger partial charge in [0, 0.05) is 20.1 Å². The van der Waals surface area contributed by atoms with Gasteiger partial charge in [0.25, 0.3) is 0 Å². The molecule has 2 unspecified atom stereocenters. The van der Waals surface area contributed by atoms with Gasteiger partial charge in [-0.25, -0.2) is 0 Å². The number of likely N-dealkylation sites (tertiary alicyclic amines) is 2. The standard InChI is InChI=1S/C20H27F3N2O2/c1-27-18-9-12-25(14-24-10-3-2-4-11-24)19(18)17(26)13-15-5-7-16(8-6-15)20(21,22)23/h5-8,18-19H,2-4,9-14H2,1H3. The number of ether oxygens (including phenoxy) is 1. The van der Waals surface area contributed by atoms with Crippen LogP contribution >= 0.6 is 0 Å². The number of carbonyl (C=O) groups is 1. The Morgan fingerprint density at radius 2 is 1.78 bits per heavy atom. The van der Waals surface area contributed by atoms with Gasteiger partial charge < -0.3 is 4.74 Å². The topological polar surface area (TPSA) is 32.8 Å². The zero-order valence-electron chi connectivity index (χ0n) is 15.7. The molecule has 2 saturated heterocycles. The summed E-state index contributed by atoms with van der Waals surface area (Å²) < 4.78 is 43.6. The van der Waals surface area contributed by atoms with Crippen molar-refractivity contribution in [1.82, 2.24) is 9.80 Å². The number of hydrogen-bond donors (Lipinski definition) is 0. The molecule has 0 saturated carbocycles. The highest BCUT2D eigenvalue weighted by Gasteiger charge is 2.39. The molecule has 2 atom stereocenters. The fraction of sp³-hybridized carbons (Fsp3) is 0.650. The Kier molecular flexibility index (Phi) is 6.55. The zero-order valence-corrected chi connectivity index (χ0v) is 15.7. The Morgan fingerprint density at radius 3 is 2.37 bits per heavy atom. The lowest BCUT2D eigenvalue weighted by atomic mass is 9.99. The van der Waals surface area contributed by atoms with Crippen molar-refractivity contribution in [2.45, 2.75) is 50.4 Å². The number of nitrogens with zero attached hydrogens (tertiary/aromatic N) is 2. The molecule has 2 fully saturated rings. The van der Waals surface area contributed by atoms with Gasteiger partial charge in [-0.15, -0.1) is 0 Å². The van der Waals surface area contributed by atoms with Crippen LogP contribution in [0, 0.1) is 0 Å². The second-order valence-corrected chi connectivity index (χ2v) is 7.48. The van der Waals surface area contributed by atoms with Gasteiger partial charge in [0.2, 0.25) is 0 Å². The van der Waals surface area contributed by atoms with Crippen LogP contribution < -0.4 is 0 Å². The van der Waals surface area contributed by atoms with Crippen LogP contribution in [0.5, 0.6) is 0 Å². The molecular weight excluding hydrogens is 357 g/mol. The van der Waals surface area contributed by atoms with Crippen LogP contribution in [0.1, 0.15) is 36.8 Å². The predicted molar refractivity (Wildman–Crippen MR) is 96.4 cm³/mol. The molecule has 1 aromatic carbocycles. The number of halogens is 3. The molecule has 2 heterocycles. The van der Waals surface area contributed by atoms with Crippen LogP contribution in [-0.2, 0) is 22.1 Å². The first kappa shape index (κ1) is 20.3. The van der Waals surface area contributed by atoms with Crippen LogP contribution in [0.2, 0.25) is 0 Å². The summed E-state index contributed by atoms with van der Waals surface area (Å²) >= 11 is 0. The highest BCUT2D eigenvalue weighted by Crippen LogP contribution is 2.29. The molecule has 0 aliphatic carbocycles. The molecule has 4 nitrogen and oxygen atoms in total. The van der Waals surface area contributed by atoms with E-state index < -0.39 is 11.7 Å². The van der Waals surface area contributed by atoms with Gasteiger partial charge in [0.1, 0.15) is 0 Å². The molecule has 3 rings (SSSR count). The smallest absolute Gasteiger partial charge is 0.379 e. The molecule has 0 amide bonds. The maximum absolute atomic E-state index is 13.0. The van der Waals surface area contributed by atoms with Gasteiger partial charge in [0.05, 0.1) is 24.4 Å². The van der Waals surface area contributed by atoms with Gasteiger partial charge >= 0.3 is 6.18 Å². The number of alkyl halides is 3. The third-order valence-electron chi connectivity index (χ3n) is 5.57. The number of benzene rings is 1. The van der Waals surface area contributed by atoms with Gasteiger partial charge in [-0.3, -0.25) is 14.6 Å². The van der Waals surface area contributed by atoms with E-state index in [-0.39, 0.29) is 24.3 Å². The summed E-state index contributed by atoms with van der Waals surface area (Å²) in [4.78, 5) is 17.5. The van der Waals surface area contributed by atoms with Gasteiger partial charge in [-0.1, -0.05) is 18.6 Å². The SMILES string of the molecule is COC1CCN(CN2CCCCC2)C1C(=O)Cc1ccc(C(F)(F)F)cc1. The molecular formula is C20H27F3N2O2. The molecule has 7 heteroatoms. The van der Waals surface area contributed by atoms with Crippen LogP contribution in [0.25, 0.3) is 0 Å². The van der Waals surface area contributed by atoms with Crippen LogP contribution in [0.3, 0.4) is 0 Å². The van der Waals surface area contributed by atoms with E-state index in [0.29, 0.717) is 5.56 Å². The first-order valence-corrected chi connectivity index (χ1v) is 9.56. The second kappa shape index (κ2) is 8.71. The van der Waals surface area contributed by atoms with Crippen LogP contribution in [0.4, 0.5) is 13.2 Å². The van der Waals surface area contributed by atoms with E-state index in [4.69, 9.17) is 4.74 Å². The summed E-state index contributed by atoms with van der Waals surface area (Å²) in [6, 6.07) is 4.53. The number of ketones is 1. The van der Waals surface area contributed by atoms with Crippen molar-refractivity contribution in [3.8, 4) is 0 Å². The number of rotatable bonds is 6. The van der Waals surface area contributed by atoms with Gasteiger partial charge in [-0.2, -0.15) is 13.2 Å². The van der Waals surface area contributed by atoms with E-state index in [0.717, 1.165) is 44.9 Å². The Balaban J connectivity index is 1.66. The average Bonchev–Trinajstić information content (AvgIpc) is 3.05. The minimum absolute atomic E-state index is 0.0103. The molecule has 2 aliphatic heterocycles. The normalized spacial score (nSPS) is 25.0. The third-order valence-corrected chi connectivity index (χ3v) is 5.57. The number of piperidine rings is 1. The Hall–Kier alpha value is -1.44. The molecule has 0 N–H and O–H groups in total. The van der Waals surface area contributed by atoms with E-state index in [9.17, 15) is 18.0 Å². The summed E-state index contributed by atoms with van der Waals surface area (Å²) in [5, 5.41) is 0. The summed E-state index contributed by atoms with van der Waals surface area (Å²) in [6.07, 6.45) is 0.0369. The van der Waals surface area contributed by atoms with Crippen molar-refractivity contribution < 1.29 is 22.7 Å². The average molecular weight is 384 g/mol. The molecule has 2 aliphatic rings. The highest BCUT2D eigenvalue weighted by molar-refractivity contribution is 5.87. The fourth-order valence-electron chi connectivity index (χ4n) is 4.12. The molecule has 27 heavy (non-hydrogen) atoms. The maximum atomic E-state index is 13.0. The van der Waals surface area contributed by atoms with Crippen LogP contribution in [-0.4, -0.2) is 61.1 Å². The van der Waals surface area contributed by atoms with Gasteiger partial charge in [0.15, 0.2) is 5.78 Å². The molecule has 0 bridgehead atoms. The number of carbonyl (C=O) groups excluding carboxylic acids is 1. The Morgan fingerprint density at radius 1 is 1.11 bits per heavy atom. The van der Waals surface area contributed by atoms with Crippen molar-refractivity contribution in [3.05, 3.63) is 35.4 Å².